The van der Waals surface area contributed by atoms with E-state index < -0.39 is 11.6 Å². The number of halogens is 2. The van der Waals surface area contributed by atoms with E-state index in [4.69, 9.17) is 0 Å². The average Bonchev–Trinajstić information content (AvgIpc) is 2.46. The van der Waals surface area contributed by atoms with Gasteiger partial charge in [0.25, 0.3) is 0 Å². The fraction of sp³-hybridized carbons (Fsp3) is 0.333. The predicted molar refractivity (Wildman–Crippen MR) is 96.6 cm³/mol. The maximum atomic E-state index is 13.9. The average molecular weight is 327 g/mol. The lowest BCUT2D eigenvalue weighted by atomic mass is 9.98. The van der Waals surface area contributed by atoms with Crippen molar-refractivity contribution in [1.82, 2.24) is 4.90 Å². The van der Waals surface area contributed by atoms with Gasteiger partial charge in [0.2, 0.25) is 0 Å². The molecule has 2 aromatic carbocycles. The van der Waals surface area contributed by atoms with Crippen molar-refractivity contribution in [2.75, 3.05) is 13.6 Å². The lowest BCUT2D eigenvalue weighted by Gasteiger charge is -2.16. The predicted octanol–water partition coefficient (Wildman–Crippen LogP) is 5.16. The maximum absolute atomic E-state index is 13.9. The van der Waals surface area contributed by atoms with Crippen molar-refractivity contribution in [3.8, 4) is 11.8 Å². The van der Waals surface area contributed by atoms with Gasteiger partial charge in [0, 0.05) is 30.0 Å². The number of likely N-dealkylation sites (N-methyl/N-ethyl adjacent to an activating group) is 1. The summed E-state index contributed by atoms with van der Waals surface area (Å²) in [7, 11) is 1.97. The third-order valence-corrected chi connectivity index (χ3v) is 3.51. The number of hydrogen-bond acceptors (Lipinski definition) is 1. The van der Waals surface area contributed by atoms with E-state index in [2.05, 4.69) is 37.5 Å². The topological polar surface area (TPSA) is 3.24 Å². The lowest BCUT2D eigenvalue weighted by molar-refractivity contribution is 0.365. The van der Waals surface area contributed by atoms with Crippen LogP contribution in [0.2, 0.25) is 0 Å². The molecule has 0 aromatic heterocycles. The number of nitrogens with zero attached hydrogens (tertiary/aromatic N) is 1. The van der Waals surface area contributed by atoms with Crippen LogP contribution < -0.4 is 0 Å². The normalized spacial score (nSPS) is 12.0. The molecule has 126 valence electrons. The van der Waals surface area contributed by atoms with E-state index in [1.54, 1.807) is 12.1 Å². The number of rotatable bonds is 4. The van der Waals surface area contributed by atoms with Crippen LogP contribution in [0, 0.1) is 28.9 Å². The molecule has 0 atom stereocenters. The van der Waals surface area contributed by atoms with Gasteiger partial charge in [0.15, 0.2) is 0 Å². The highest BCUT2D eigenvalue weighted by molar-refractivity contribution is 5.86. The summed E-state index contributed by atoms with van der Waals surface area (Å²) in [6, 6.07) is 7.70. The van der Waals surface area contributed by atoms with Gasteiger partial charge in [-0.2, -0.15) is 0 Å². The summed E-state index contributed by atoms with van der Waals surface area (Å²) in [6.07, 6.45) is 3.84. The van der Waals surface area contributed by atoms with Crippen molar-refractivity contribution >= 4 is 10.8 Å². The van der Waals surface area contributed by atoms with Gasteiger partial charge in [-0.15, -0.1) is 0 Å². The van der Waals surface area contributed by atoms with Crippen LogP contribution in [0.3, 0.4) is 0 Å². The number of benzene rings is 2. The van der Waals surface area contributed by atoms with Crippen LogP contribution in [0.1, 0.15) is 26.3 Å². The molecular formula is C21H23F2N. The van der Waals surface area contributed by atoms with Crippen molar-refractivity contribution in [1.29, 1.82) is 0 Å². The van der Waals surface area contributed by atoms with Crippen molar-refractivity contribution in [3.63, 3.8) is 0 Å². The van der Waals surface area contributed by atoms with Gasteiger partial charge in [-0.3, -0.25) is 4.90 Å². The molecule has 0 N–H and O–H groups in total. The van der Waals surface area contributed by atoms with Crippen molar-refractivity contribution < 1.29 is 8.78 Å². The SMILES string of the molecule is CN(C/C=C/C#CC(C)(C)C)Cc1cccc2c(F)cc(F)cc12. The molecule has 0 aliphatic heterocycles. The Kier molecular flexibility index (Phi) is 5.75. The summed E-state index contributed by atoms with van der Waals surface area (Å²) in [6.45, 7) is 7.53. The molecule has 0 fully saturated rings. The highest BCUT2D eigenvalue weighted by Gasteiger charge is 2.09. The molecule has 0 saturated carbocycles. The summed E-state index contributed by atoms with van der Waals surface area (Å²) < 4.78 is 27.4. The second kappa shape index (κ2) is 7.59. The van der Waals surface area contributed by atoms with Crippen LogP contribution in [0.25, 0.3) is 10.8 Å². The maximum Gasteiger partial charge on any atom is 0.133 e. The van der Waals surface area contributed by atoms with Gasteiger partial charge >= 0.3 is 0 Å². The summed E-state index contributed by atoms with van der Waals surface area (Å²) in [5.74, 6) is 5.11. The minimum absolute atomic E-state index is 0.00661. The summed E-state index contributed by atoms with van der Waals surface area (Å²) in [5, 5.41) is 1.08. The molecule has 0 aliphatic carbocycles. The van der Waals surface area contributed by atoms with E-state index in [9.17, 15) is 8.78 Å². The molecule has 24 heavy (non-hydrogen) atoms. The van der Waals surface area contributed by atoms with Crippen LogP contribution in [0.15, 0.2) is 42.5 Å². The molecule has 3 heteroatoms. The summed E-state index contributed by atoms with van der Waals surface area (Å²) in [5.41, 5.74) is 0.899. The lowest BCUT2D eigenvalue weighted by Crippen LogP contribution is -2.17. The van der Waals surface area contributed by atoms with E-state index in [0.29, 0.717) is 23.9 Å². The second-order valence-electron chi connectivity index (χ2n) is 7.02. The van der Waals surface area contributed by atoms with Crippen LogP contribution in [0.4, 0.5) is 8.78 Å². The Morgan fingerprint density at radius 1 is 1.12 bits per heavy atom. The zero-order valence-electron chi connectivity index (χ0n) is 14.7. The van der Waals surface area contributed by atoms with Gasteiger partial charge in [0.05, 0.1) is 0 Å². The Bertz CT molecular complexity index is 804. The van der Waals surface area contributed by atoms with Gasteiger partial charge in [-0.1, -0.05) is 36.1 Å². The van der Waals surface area contributed by atoms with E-state index in [1.807, 2.05) is 25.3 Å². The monoisotopic (exact) mass is 327 g/mol. The molecule has 0 unspecified atom stereocenters. The molecule has 0 aliphatic rings. The second-order valence-corrected chi connectivity index (χ2v) is 7.02. The van der Waals surface area contributed by atoms with Crippen molar-refractivity contribution in [2.24, 2.45) is 5.41 Å². The number of allylic oxidation sites excluding steroid dienone is 1. The Morgan fingerprint density at radius 3 is 2.58 bits per heavy atom. The van der Waals surface area contributed by atoms with Crippen LogP contribution >= 0.6 is 0 Å². The van der Waals surface area contributed by atoms with Gasteiger partial charge in [-0.05, 0) is 50.9 Å². The van der Waals surface area contributed by atoms with Crippen molar-refractivity contribution in [3.05, 3.63) is 59.7 Å². The first kappa shape index (κ1) is 18.2. The highest BCUT2D eigenvalue weighted by Crippen LogP contribution is 2.24. The number of fused-ring (bicyclic) bond motifs is 1. The standard InChI is InChI=1S/C21H23F2N/c1-21(2,3)11-6-5-7-12-24(4)15-16-9-8-10-18-19(16)13-17(22)14-20(18)23/h5,7-10,13-14H,12,15H2,1-4H3/b7-5+. The highest BCUT2D eigenvalue weighted by atomic mass is 19.1. The molecule has 0 radical (unpaired) electrons. The fourth-order valence-corrected chi connectivity index (χ4v) is 2.41. The van der Waals surface area contributed by atoms with Crippen molar-refractivity contribution in [2.45, 2.75) is 27.3 Å². The molecule has 0 bridgehead atoms. The Morgan fingerprint density at radius 2 is 1.88 bits per heavy atom. The first-order valence-corrected chi connectivity index (χ1v) is 7.99. The van der Waals surface area contributed by atoms with Gasteiger partial charge in [-0.25, -0.2) is 8.78 Å². The zero-order chi connectivity index (χ0) is 17.7. The molecule has 0 saturated heterocycles. The van der Waals surface area contributed by atoms with E-state index in [1.165, 1.54) is 6.07 Å². The molecule has 1 nitrogen and oxygen atoms in total. The fourth-order valence-electron chi connectivity index (χ4n) is 2.41. The van der Waals surface area contributed by atoms with E-state index >= 15 is 0 Å². The quantitative estimate of drug-likeness (QED) is 0.702. The van der Waals surface area contributed by atoms with Crippen LogP contribution in [-0.4, -0.2) is 18.5 Å². The third-order valence-electron chi connectivity index (χ3n) is 3.51. The molecule has 0 spiro atoms. The van der Waals surface area contributed by atoms with E-state index in [0.717, 1.165) is 11.6 Å². The molecule has 0 amide bonds. The Balaban J connectivity index is 2.09. The third kappa shape index (κ3) is 5.18. The summed E-state index contributed by atoms with van der Waals surface area (Å²) in [4.78, 5) is 2.08. The smallest absolute Gasteiger partial charge is 0.133 e. The molecule has 2 aromatic rings. The summed E-state index contributed by atoms with van der Waals surface area (Å²) >= 11 is 0. The minimum atomic E-state index is -0.549. The largest absolute Gasteiger partial charge is 0.298 e. The van der Waals surface area contributed by atoms with Crippen LogP contribution in [-0.2, 0) is 6.54 Å². The first-order chi connectivity index (χ1) is 11.3. The van der Waals surface area contributed by atoms with Gasteiger partial charge < -0.3 is 0 Å². The molecule has 0 heterocycles. The minimum Gasteiger partial charge on any atom is -0.298 e. The Labute approximate surface area is 143 Å². The van der Waals surface area contributed by atoms with Crippen LogP contribution in [0.5, 0.6) is 0 Å². The Hall–Kier alpha value is -2.18. The first-order valence-electron chi connectivity index (χ1n) is 7.99. The molecular weight excluding hydrogens is 304 g/mol. The van der Waals surface area contributed by atoms with E-state index in [-0.39, 0.29) is 5.41 Å². The van der Waals surface area contributed by atoms with Gasteiger partial charge in [0.1, 0.15) is 11.6 Å². The number of hydrogen-bond donors (Lipinski definition) is 0. The zero-order valence-corrected chi connectivity index (χ0v) is 14.7. The molecule has 2 rings (SSSR count).